The van der Waals surface area contributed by atoms with Gasteiger partial charge in [0, 0.05) is 33.7 Å². The van der Waals surface area contributed by atoms with Crippen molar-refractivity contribution in [2.45, 2.75) is 39.3 Å². The third kappa shape index (κ3) is 6.10. The summed E-state index contributed by atoms with van der Waals surface area (Å²) in [6.07, 6.45) is 1.94. The number of aromatic nitrogens is 3. The largest absolute Gasteiger partial charge is 0.507 e. The van der Waals surface area contributed by atoms with E-state index in [1.54, 1.807) is 6.07 Å². The van der Waals surface area contributed by atoms with Gasteiger partial charge in [-0.15, -0.1) is 0 Å². The van der Waals surface area contributed by atoms with E-state index in [2.05, 4.69) is 141 Å². The minimum atomic E-state index is -1.90. The van der Waals surface area contributed by atoms with Gasteiger partial charge in [-0.3, -0.25) is 9.55 Å². The molecule has 0 aliphatic carbocycles. The molecule has 0 bridgehead atoms. The molecular formula is C48H43N3O2Si2. The minimum Gasteiger partial charge on any atom is -0.507 e. The number of para-hydroxylation sites is 3. The van der Waals surface area contributed by atoms with Crippen molar-refractivity contribution in [2.24, 2.45) is 0 Å². The number of hydrogen-bond acceptors (Lipinski definition) is 4. The van der Waals surface area contributed by atoms with Gasteiger partial charge in [-0.2, -0.15) is 0 Å². The van der Waals surface area contributed by atoms with Gasteiger partial charge in [-0.25, -0.2) is 4.98 Å². The van der Waals surface area contributed by atoms with Crippen molar-refractivity contribution >= 4 is 59.5 Å². The lowest BCUT2D eigenvalue weighted by Crippen LogP contribution is -2.37. The number of rotatable bonds is 7. The molecule has 0 fully saturated rings. The predicted molar refractivity (Wildman–Crippen MR) is 236 cm³/mol. The van der Waals surface area contributed by atoms with Crippen LogP contribution in [0.4, 0.5) is 0 Å². The molecule has 6 aromatic carbocycles. The molecule has 1 N–H and O–H groups in total. The van der Waals surface area contributed by atoms with Crippen molar-refractivity contribution in [3.63, 3.8) is 0 Å². The van der Waals surface area contributed by atoms with Gasteiger partial charge in [0.1, 0.15) is 22.7 Å². The number of benzene rings is 6. The fourth-order valence-electron chi connectivity index (χ4n) is 7.66. The number of hydrogen-bond donors (Lipinski definition) is 1. The quantitative estimate of drug-likeness (QED) is 0.165. The van der Waals surface area contributed by atoms with Gasteiger partial charge in [0.15, 0.2) is 0 Å². The van der Waals surface area contributed by atoms with Crippen molar-refractivity contribution in [1.82, 2.24) is 14.5 Å². The number of furan rings is 1. The third-order valence-corrected chi connectivity index (χ3v) is 14.8. The number of pyridine rings is 1. The van der Waals surface area contributed by atoms with E-state index in [1.165, 1.54) is 10.4 Å². The lowest BCUT2D eigenvalue weighted by molar-refractivity contribution is 0.477. The maximum atomic E-state index is 11.4. The summed E-state index contributed by atoms with van der Waals surface area (Å²) in [7, 11) is -3.54. The zero-order valence-electron chi connectivity index (χ0n) is 32.1. The number of phenolic OH excluding ortho intramolecular Hbond substituents is 1. The first-order valence-corrected chi connectivity index (χ1v) is 25.9. The van der Waals surface area contributed by atoms with Crippen LogP contribution in [0.25, 0.3) is 83.6 Å². The maximum absolute atomic E-state index is 11.4. The molecule has 0 radical (unpaired) electrons. The van der Waals surface area contributed by atoms with Crippen LogP contribution in [0.5, 0.6) is 5.75 Å². The molecule has 0 spiro atoms. The smallest absolute Gasteiger partial charge is 0.149 e. The van der Waals surface area contributed by atoms with Gasteiger partial charge in [0.05, 0.1) is 44.1 Å². The molecule has 55 heavy (non-hydrogen) atoms. The highest BCUT2D eigenvalue weighted by Crippen LogP contribution is 2.43. The second-order valence-corrected chi connectivity index (χ2v) is 26.6. The van der Waals surface area contributed by atoms with Gasteiger partial charge in [-0.1, -0.05) is 135 Å². The second-order valence-electron chi connectivity index (χ2n) is 16.5. The van der Waals surface area contributed by atoms with Gasteiger partial charge < -0.3 is 9.52 Å². The molecule has 0 aliphatic heterocycles. The molecule has 9 aromatic rings. The molecule has 0 aliphatic rings. The number of fused-ring (bicyclic) bond motifs is 4. The van der Waals surface area contributed by atoms with Crippen LogP contribution < -0.4 is 10.4 Å². The summed E-state index contributed by atoms with van der Waals surface area (Å²) in [5.41, 5.74) is 11.4. The predicted octanol–water partition coefficient (Wildman–Crippen LogP) is 11.8. The normalized spacial score (nSPS) is 12.3. The van der Waals surface area contributed by atoms with E-state index in [-0.39, 0.29) is 5.75 Å². The summed E-state index contributed by atoms with van der Waals surface area (Å²) in [6, 6.07) is 48.4. The van der Waals surface area contributed by atoms with E-state index in [0.717, 1.165) is 72.2 Å². The fourth-order valence-corrected chi connectivity index (χ4v) is 9.96. The molecule has 270 valence electrons. The van der Waals surface area contributed by atoms with Crippen molar-refractivity contribution in [3.8, 4) is 56.3 Å². The van der Waals surface area contributed by atoms with Crippen molar-refractivity contribution < 1.29 is 9.52 Å². The van der Waals surface area contributed by atoms with Crippen LogP contribution in [0.3, 0.4) is 0 Å². The first kappa shape index (κ1) is 34.7. The average molecular weight is 750 g/mol. The van der Waals surface area contributed by atoms with E-state index < -0.39 is 16.1 Å². The van der Waals surface area contributed by atoms with Crippen LogP contribution in [0.15, 0.2) is 150 Å². The van der Waals surface area contributed by atoms with Gasteiger partial charge >= 0.3 is 0 Å². The SMILES string of the molecule is C[Si](C)(C)c1ccnc(-c2cc(-c3cc([Si](C)(C)C)cc4c3nc(-c3ccccc3O)n4-c3ccccc3-c3ccccc3)cc3c2oc2ccccc23)c1. The Morgan fingerprint density at radius 3 is 2.02 bits per heavy atom. The lowest BCUT2D eigenvalue weighted by Gasteiger charge is -2.20. The van der Waals surface area contributed by atoms with E-state index >= 15 is 0 Å². The fraction of sp³-hybridized carbons (Fsp3) is 0.125. The Hall–Kier alpha value is -6.03. The summed E-state index contributed by atoms with van der Waals surface area (Å²) in [5, 5.41) is 16.2. The van der Waals surface area contributed by atoms with E-state index in [9.17, 15) is 5.11 Å². The molecule has 0 amide bonds. The highest BCUT2D eigenvalue weighted by Gasteiger charge is 2.27. The summed E-state index contributed by atoms with van der Waals surface area (Å²) >= 11 is 0. The van der Waals surface area contributed by atoms with Crippen molar-refractivity contribution in [1.29, 1.82) is 0 Å². The standard InChI is InChI=1S/C48H43N3O2Si2/c1-54(2,3)33-24-25-49-41(29-33)40-27-32(26-39-36-19-12-15-23-45(36)53-47(39)40)38-28-34(55(4,5)6)30-43-46(38)50-48(37-20-11-14-22-44(37)52)51(43)42-21-13-10-18-35(42)31-16-8-7-9-17-31/h7-30,52H,1-6H3. The molecular weight excluding hydrogens is 707 g/mol. The lowest BCUT2D eigenvalue weighted by atomic mass is 9.96. The first-order chi connectivity index (χ1) is 26.5. The van der Waals surface area contributed by atoms with E-state index in [0.29, 0.717) is 11.4 Å². The molecule has 0 saturated heterocycles. The zero-order chi connectivity index (χ0) is 38.1. The Morgan fingerprint density at radius 2 is 1.25 bits per heavy atom. The highest BCUT2D eigenvalue weighted by molar-refractivity contribution is 6.89. The van der Waals surface area contributed by atoms with Gasteiger partial charge in [0.2, 0.25) is 0 Å². The van der Waals surface area contributed by atoms with Crippen LogP contribution in [0.1, 0.15) is 0 Å². The summed E-state index contributed by atoms with van der Waals surface area (Å²) in [5.74, 6) is 0.871. The summed E-state index contributed by atoms with van der Waals surface area (Å²) in [4.78, 5) is 10.5. The van der Waals surface area contributed by atoms with Gasteiger partial charge in [-0.05, 0) is 65.7 Å². The third-order valence-electron chi connectivity index (χ3n) is 10.7. The summed E-state index contributed by atoms with van der Waals surface area (Å²) in [6.45, 7) is 14.3. The van der Waals surface area contributed by atoms with Crippen molar-refractivity contribution in [2.75, 3.05) is 0 Å². The molecule has 5 nitrogen and oxygen atoms in total. The van der Waals surface area contributed by atoms with Crippen LogP contribution >= 0.6 is 0 Å². The monoisotopic (exact) mass is 749 g/mol. The second kappa shape index (κ2) is 13.1. The molecule has 3 aromatic heterocycles. The Kier molecular flexibility index (Phi) is 8.26. The van der Waals surface area contributed by atoms with Crippen LogP contribution in [-0.4, -0.2) is 35.8 Å². The first-order valence-electron chi connectivity index (χ1n) is 18.9. The molecule has 0 saturated carbocycles. The van der Waals surface area contributed by atoms with Crippen LogP contribution in [-0.2, 0) is 0 Å². The Morgan fingerprint density at radius 1 is 0.564 bits per heavy atom. The minimum absolute atomic E-state index is 0.185. The molecule has 9 rings (SSSR count). The molecule has 7 heteroatoms. The maximum Gasteiger partial charge on any atom is 0.149 e. The topological polar surface area (TPSA) is 64.1 Å². The molecule has 3 heterocycles. The van der Waals surface area contributed by atoms with Crippen molar-refractivity contribution in [3.05, 3.63) is 146 Å². The summed E-state index contributed by atoms with van der Waals surface area (Å²) < 4.78 is 8.91. The number of imidazole rings is 1. The Labute approximate surface area is 323 Å². The van der Waals surface area contributed by atoms with E-state index in [4.69, 9.17) is 14.4 Å². The molecule has 0 unspecified atom stereocenters. The number of phenols is 1. The Balaban J connectivity index is 1.42. The van der Waals surface area contributed by atoms with Gasteiger partial charge in [0.25, 0.3) is 0 Å². The number of aromatic hydroxyl groups is 1. The Bertz CT molecular complexity index is 2910. The zero-order valence-corrected chi connectivity index (χ0v) is 34.1. The van der Waals surface area contributed by atoms with E-state index in [1.807, 2.05) is 42.6 Å². The highest BCUT2D eigenvalue weighted by atomic mass is 28.3. The van der Waals surface area contributed by atoms with Crippen LogP contribution in [0, 0.1) is 0 Å². The molecule has 0 atom stereocenters. The van der Waals surface area contributed by atoms with Crippen LogP contribution in [0.2, 0.25) is 39.3 Å². The average Bonchev–Trinajstić information content (AvgIpc) is 3.76. The number of nitrogens with zero attached hydrogens (tertiary/aromatic N) is 3.